The number of nitrogens with zero attached hydrogens (tertiary/aromatic N) is 2. The third kappa shape index (κ3) is 3.32. The zero-order valence-electron chi connectivity index (χ0n) is 15.5. The van der Waals surface area contributed by atoms with Crippen molar-refractivity contribution in [3.8, 4) is 5.69 Å². The number of carbonyl (C=O) groups is 1. The summed E-state index contributed by atoms with van der Waals surface area (Å²) in [5, 5.41) is 4.69. The molecule has 0 saturated carbocycles. The van der Waals surface area contributed by atoms with E-state index in [4.69, 9.17) is 5.10 Å². The molecule has 1 aliphatic rings. The molecule has 1 heterocycles. The first-order chi connectivity index (χ1) is 13.2. The van der Waals surface area contributed by atoms with Gasteiger partial charge in [0.25, 0.3) is 0 Å². The lowest BCUT2D eigenvalue weighted by molar-refractivity contribution is 0.0962. The Hall–Kier alpha value is -2.75. The fourth-order valence-corrected chi connectivity index (χ4v) is 3.95. The van der Waals surface area contributed by atoms with E-state index in [2.05, 4.69) is 19.1 Å². The van der Waals surface area contributed by atoms with E-state index >= 15 is 0 Å². The van der Waals surface area contributed by atoms with Crippen LogP contribution in [0.3, 0.4) is 0 Å². The summed E-state index contributed by atoms with van der Waals surface area (Å²) in [7, 11) is 0. The van der Waals surface area contributed by atoms with Gasteiger partial charge in [-0.25, -0.2) is 9.07 Å². The van der Waals surface area contributed by atoms with Crippen molar-refractivity contribution >= 4 is 5.78 Å². The molecule has 0 amide bonds. The van der Waals surface area contributed by atoms with E-state index in [-0.39, 0.29) is 17.5 Å². The minimum absolute atomic E-state index is 0.104. The van der Waals surface area contributed by atoms with Gasteiger partial charge in [-0.2, -0.15) is 5.10 Å². The topological polar surface area (TPSA) is 34.9 Å². The molecule has 0 aliphatic heterocycles. The molecule has 1 atom stereocenters. The Balaban J connectivity index is 1.82. The molecule has 0 radical (unpaired) electrons. The molecular weight excluding hydrogens is 339 g/mol. The summed E-state index contributed by atoms with van der Waals surface area (Å²) in [6, 6.07) is 16.7. The monoisotopic (exact) mass is 362 g/mol. The van der Waals surface area contributed by atoms with Crippen LogP contribution in [0.15, 0.2) is 54.6 Å². The van der Waals surface area contributed by atoms with Crippen molar-refractivity contribution in [3.05, 3.63) is 82.9 Å². The summed E-state index contributed by atoms with van der Waals surface area (Å²) in [4.78, 5) is 13.0. The van der Waals surface area contributed by atoms with Crippen LogP contribution in [0.4, 0.5) is 4.39 Å². The summed E-state index contributed by atoms with van der Waals surface area (Å²) in [5.41, 5.74) is 3.94. The van der Waals surface area contributed by atoms with Gasteiger partial charge in [-0.3, -0.25) is 4.79 Å². The lowest BCUT2D eigenvalue weighted by Gasteiger charge is -2.23. The molecule has 0 N–H and O–H groups in total. The molecule has 3 aromatic rings. The molecule has 0 fully saturated rings. The lowest BCUT2D eigenvalue weighted by Crippen LogP contribution is -2.21. The number of aromatic nitrogens is 2. The molecule has 0 saturated heterocycles. The fraction of sp³-hybridized carbons (Fsp3) is 0.304. The number of fused-ring (bicyclic) bond motifs is 1. The Labute approximate surface area is 158 Å². The third-order valence-corrected chi connectivity index (χ3v) is 5.32. The maximum atomic E-state index is 14.5. The Morgan fingerprint density at radius 3 is 2.56 bits per heavy atom. The van der Waals surface area contributed by atoms with Crippen LogP contribution in [-0.4, -0.2) is 15.6 Å². The summed E-state index contributed by atoms with van der Waals surface area (Å²) < 4.78 is 16.1. The van der Waals surface area contributed by atoms with E-state index in [1.165, 1.54) is 6.07 Å². The van der Waals surface area contributed by atoms with E-state index in [0.717, 1.165) is 41.8 Å². The van der Waals surface area contributed by atoms with Crippen molar-refractivity contribution in [1.82, 2.24) is 9.78 Å². The second-order valence-corrected chi connectivity index (χ2v) is 7.17. The SMILES string of the molecule is CCCCc1nn(-c2ccccc2F)c2c1C(=O)C[C@H](c1ccccc1)C2. The summed E-state index contributed by atoms with van der Waals surface area (Å²) in [6.07, 6.45) is 3.93. The van der Waals surface area contributed by atoms with Crippen LogP contribution < -0.4 is 0 Å². The van der Waals surface area contributed by atoms with Gasteiger partial charge in [0.1, 0.15) is 11.5 Å². The van der Waals surface area contributed by atoms with Gasteiger partial charge >= 0.3 is 0 Å². The highest BCUT2D eigenvalue weighted by atomic mass is 19.1. The minimum atomic E-state index is -0.320. The fourth-order valence-electron chi connectivity index (χ4n) is 3.95. The zero-order chi connectivity index (χ0) is 18.8. The van der Waals surface area contributed by atoms with Crippen molar-refractivity contribution < 1.29 is 9.18 Å². The Bertz CT molecular complexity index is 962. The first-order valence-electron chi connectivity index (χ1n) is 9.62. The van der Waals surface area contributed by atoms with Crippen LogP contribution in [0.5, 0.6) is 0 Å². The first-order valence-corrected chi connectivity index (χ1v) is 9.62. The van der Waals surface area contributed by atoms with Gasteiger partial charge in [-0.1, -0.05) is 55.8 Å². The second kappa shape index (κ2) is 7.47. The predicted octanol–water partition coefficient (Wildman–Crippen LogP) is 5.27. The number of Topliss-reactive ketones (excluding diaryl/α,β-unsaturated/α-hetero) is 1. The first kappa shape index (κ1) is 17.7. The molecule has 4 heteroatoms. The average Bonchev–Trinajstić information content (AvgIpc) is 3.06. The number of benzene rings is 2. The molecule has 3 nitrogen and oxygen atoms in total. The van der Waals surface area contributed by atoms with Crippen LogP contribution in [0.25, 0.3) is 5.69 Å². The van der Waals surface area contributed by atoms with E-state index < -0.39 is 0 Å². The van der Waals surface area contributed by atoms with Gasteiger partial charge in [0.15, 0.2) is 5.78 Å². The van der Waals surface area contributed by atoms with Gasteiger partial charge in [-0.05, 0) is 42.9 Å². The molecule has 27 heavy (non-hydrogen) atoms. The molecule has 1 aromatic heterocycles. The molecule has 1 aliphatic carbocycles. The van der Waals surface area contributed by atoms with Crippen molar-refractivity contribution in [3.63, 3.8) is 0 Å². The van der Waals surface area contributed by atoms with Gasteiger partial charge in [0, 0.05) is 6.42 Å². The van der Waals surface area contributed by atoms with Crippen LogP contribution in [-0.2, 0) is 12.8 Å². The van der Waals surface area contributed by atoms with Crippen molar-refractivity contribution in [1.29, 1.82) is 0 Å². The summed E-state index contributed by atoms with van der Waals surface area (Å²) >= 11 is 0. The van der Waals surface area contributed by atoms with Crippen LogP contribution >= 0.6 is 0 Å². The van der Waals surface area contributed by atoms with Gasteiger partial charge < -0.3 is 0 Å². The van der Waals surface area contributed by atoms with Gasteiger partial charge in [0.05, 0.1) is 17.0 Å². The van der Waals surface area contributed by atoms with E-state index in [1.54, 1.807) is 22.9 Å². The quantitative estimate of drug-likeness (QED) is 0.620. The number of carbonyl (C=O) groups excluding carboxylic acids is 1. The number of unbranched alkanes of at least 4 members (excludes halogenated alkanes) is 1. The highest BCUT2D eigenvalue weighted by molar-refractivity contribution is 6.00. The Morgan fingerprint density at radius 2 is 1.81 bits per heavy atom. The Kier molecular flexibility index (Phi) is 4.88. The molecule has 4 rings (SSSR count). The number of aryl methyl sites for hydroxylation is 1. The van der Waals surface area contributed by atoms with Crippen LogP contribution in [0, 0.1) is 5.82 Å². The highest BCUT2D eigenvalue weighted by Gasteiger charge is 2.33. The Morgan fingerprint density at radius 1 is 1.07 bits per heavy atom. The van der Waals surface area contributed by atoms with Crippen LogP contribution in [0.1, 0.15) is 59.4 Å². The molecule has 138 valence electrons. The summed E-state index contributed by atoms with van der Waals surface area (Å²) in [6.45, 7) is 2.12. The van der Waals surface area contributed by atoms with E-state index in [1.807, 2.05) is 18.2 Å². The normalized spacial score (nSPS) is 16.4. The zero-order valence-corrected chi connectivity index (χ0v) is 15.5. The van der Waals surface area contributed by atoms with Gasteiger partial charge in [0.2, 0.25) is 0 Å². The van der Waals surface area contributed by atoms with Gasteiger partial charge in [-0.15, -0.1) is 0 Å². The van der Waals surface area contributed by atoms with Crippen molar-refractivity contribution in [2.24, 2.45) is 0 Å². The molecular formula is C23H23FN2O. The number of halogens is 1. The third-order valence-electron chi connectivity index (χ3n) is 5.32. The molecule has 0 spiro atoms. The summed E-state index contributed by atoms with van der Waals surface area (Å²) in [5.74, 6) is -0.0923. The van der Waals surface area contributed by atoms with Crippen molar-refractivity contribution in [2.75, 3.05) is 0 Å². The smallest absolute Gasteiger partial charge is 0.167 e. The predicted molar refractivity (Wildman–Crippen MR) is 104 cm³/mol. The minimum Gasteiger partial charge on any atom is -0.294 e. The number of hydrogen-bond donors (Lipinski definition) is 0. The van der Waals surface area contributed by atoms with Crippen molar-refractivity contribution in [2.45, 2.75) is 44.9 Å². The largest absolute Gasteiger partial charge is 0.294 e. The second-order valence-electron chi connectivity index (χ2n) is 7.17. The molecule has 2 aromatic carbocycles. The molecule has 0 bridgehead atoms. The maximum absolute atomic E-state index is 14.5. The van der Waals surface area contributed by atoms with E-state index in [9.17, 15) is 9.18 Å². The standard InChI is InChI=1S/C23H23FN2O/c1-2-3-12-19-23-21(26(25-19)20-13-8-7-11-18(20)24)14-17(15-22(23)27)16-9-5-4-6-10-16/h4-11,13,17H,2-3,12,14-15H2,1H3/t17-/m1/s1. The molecule has 0 unspecified atom stereocenters. The maximum Gasteiger partial charge on any atom is 0.167 e. The average molecular weight is 362 g/mol. The number of hydrogen-bond acceptors (Lipinski definition) is 2. The lowest BCUT2D eigenvalue weighted by atomic mass is 9.81. The highest BCUT2D eigenvalue weighted by Crippen LogP contribution is 2.36. The number of para-hydroxylation sites is 1. The number of ketones is 1. The van der Waals surface area contributed by atoms with Crippen LogP contribution in [0.2, 0.25) is 0 Å². The number of rotatable bonds is 5. The van der Waals surface area contributed by atoms with E-state index in [0.29, 0.717) is 18.5 Å².